The van der Waals surface area contributed by atoms with Gasteiger partial charge in [-0.05, 0) is 36.2 Å². The standard InChI is InChI=1S/C18H19Cl2N3O2S/c19-13-6-5-12(14(20)11-13)7-9-22-18(25)23-15-3-1-2-4-16(15)26-10-8-17(21)24/h1-6,11H,7-10H2,(H2,21,24)(H2,22,23,25). The molecule has 0 aliphatic heterocycles. The van der Waals surface area contributed by atoms with Crippen LogP contribution in [0.2, 0.25) is 10.0 Å². The summed E-state index contributed by atoms with van der Waals surface area (Å²) in [4.78, 5) is 23.8. The van der Waals surface area contributed by atoms with Crippen LogP contribution in [0.4, 0.5) is 10.5 Å². The molecular formula is C18H19Cl2N3O2S. The fourth-order valence-electron chi connectivity index (χ4n) is 2.16. The van der Waals surface area contributed by atoms with E-state index in [-0.39, 0.29) is 18.4 Å². The number of benzene rings is 2. The van der Waals surface area contributed by atoms with Crippen LogP contribution in [0.1, 0.15) is 12.0 Å². The summed E-state index contributed by atoms with van der Waals surface area (Å²) in [5, 5.41) is 6.77. The van der Waals surface area contributed by atoms with Gasteiger partial charge in [0.15, 0.2) is 0 Å². The van der Waals surface area contributed by atoms with Crippen LogP contribution in [0.25, 0.3) is 0 Å². The lowest BCUT2D eigenvalue weighted by molar-refractivity contribution is -0.117. The number of thioether (sulfide) groups is 1. The molecule has 2 aromatic rings. The number of para-hydroxylation sites is 1. The number of hydrogen-bond acceptors (Lipinski definition) is 3. The Balaban J connectivity index is 1.84. The first-order chi connectivity index (χ1) is 12.5. The number of anilines is 1. The third-order valence-corrected chi connectivity index (χ3v) is 5.10. The van der Waals surface area contributed by atoms with Crippen LogP contribution in [0.5, 0.6) is 0 Å². The number of urea groups is 1. The van der Waals surface area contributed by atoms with Crippen LogP contribution in [0.3, 0.4) is 0 Å². The van der Waals surface area contributed by atoms with Crippen LogP contribution in [0.15, 0.2) is 47.4 Å². The number of nitrogens with two attached hydrogens (primary N) is 1. The van der Waals surface area contributed by atoms with Crippen molar-refractivity contribution in [3.05, 3.63) is 58.1 Å². The zero-order valence-corrected chi connectivity index (χ0v) is 16.3. The van der Waals surface area contributed by atoms with Crippen molar-refractivity contribution in [2.24, 2.45) is 5.73 Å². The SMILES string of the molecule is NC(=O)CCSc1ccccc1NC(=O)NCCc1ccc(Cl)cc1Cl. The molecule has 2 rings (SSSR count). The molecule has 5 nitrogen and oxygen atoms in total. The molecular weight excluding hydrogens is 393 g/mol. The van der Waals surface area contributed by atoms with Gasteiger partial charge in [0.1, 0.15) is 0 Å². The van der Waals surface area contributed by atoms with E-state index in [1.807, 2.05) is 30.3 Å². The van der Waals surface area contributed by atoms with Crippen molar-refractivity contribution in [1.29, 1.82) is 0 Å². The molecule has 0 saturated carbocycles. The van der Waals surface area contributed by atoms with Gasteiger partial charge >= 0.3 is 6.03 Å². The van der Waals surface area contributed by atoms with Gasteiger partial charge in [-0.25, -0.2) is 4.79 Å². The van der Waals surface area contributed by atoms with Crippen LogP contribution in [-0.2, 0) is 11.2 Å². The molecule has 0 fully saturated rings. The number of nitrogens with one attached hydrogen (secondary N) is 2. The molecule has 8 heteroatoms. The number of carbonyl (C=O) groups excluding carboxylic acids is 2. The van der Waals surface area contributed by atoms with Crippen molar-refractivity contribution in [3.63, 3.8) is 0 Å². The van der Waals surface area contributed by atoms with Gasteiger partial charge in [-0.3, -0.25) is 4.79 Å². The van der Waals surface area contributed by atoms with Gasteiger partial charge in [-0.2, -0.15) is 0 Å². The summed E-state index contributed by atoms with van der Waals surface area (Å²) in [5.74, 6) is 0.214. The Morgan fingerprint density at radius 3 is 2.62 bits per heavy atom. The maximum atomic E-state index is 12.1. The summed E-state index contributed by atoms with van der Waals surface area (Å²) < 4.78 is 0. The minimum Gasteiger partial charge on any atom is -0.370 e. The highest BCUT2D eigenvalue weighted by Crippen LogP contribution is 2.27. The summed E-state index contributed by atoms with van der Waals surface area (Å²) in [5.41, 5.74) is 6.75. The Kier molecular flexibility index (Phi) is 8.09. The van der Waals surface area contributed by atoms with Gasteiger partial charge in [0.2, 0.25) is 5.91 Å². The molecule has 2 aromatic carbocycles. The minimum absolute atomic E-state index is 0.285. The summed E-state index contributed by atoms with van der Waals surface area (Å²) in [6.07, 6.45) is 0.880. The number of halogens is 2. The van der Waals surface area contributed by atoms with Crippen molar-refractivity contribution in [2.75, 3.05) is 17.6 Å². The molecule has 0 aliphatic carbocycles. The number of rotatable bonds is 8. The monoisotopic (exact) mass is 411 g/mol. The molecule has 0 aliphatic rings. The zero-order chi connectivity index (χ0) is 18.9. The highest BCUT2D eigenvalue weighted by Gasteiger charge is 2.08. The Labute approximate surface area is 166 Å². The smallest absolute Gasteiger partial charge is 0.319 e. The second-order valence-corrected chi connectivity index (χ2v) is 7.41. The third-order valence-electron chi connectivity index (χ3n) is 3.44. The van der Waals surface area contributed by atoms with Gasteiger partial charge in [0.25, 0.3) is 0 Å². The lowest BCUT2D eigenvalue weighted by Crippen LogP contribution is -2.30. The molecule has 0 radical (unpaired) electrons. The Morgan fingerprint density at radius 2 is 1.88 bits per heavy atom. The van der Waals surface area contributed by atoms with Gasteiger partial charge in [0.05, 0.1) is 5.69 Å². The maximum absolute atomic E-state index is 12.1. The Bertz CT molecular complexity index is 787. The zero-order valence-electron chi connectivity index (χ0n) is 13.9. The second kappa shape index (κ2) is 10.3. The predicted octanol–water partition coefficient (Wildman–Crippen LogP) is 4.33. The fourth-order valence-corrected chi connectivity index (χ4v) is 3.63. The largest absolute Gasteiger partial charge is 0.370 e. The van der Waals surface area contributed by atoms with E-state index in [0.717, 1.165) is 10.5 Å². The van der Waals surface area contributed by atoms with E-state index in [2.05, 4.69) is 10.6 Å². The minimum atomic E-state index is -0.346. The van der Waals surface area contributed by atoms with Crippen LogP contribution >= 0.6 is 35.0 Å². The van der Waals surface area contributed by atoms with Gasteiger partial charge in [-0.1, -0.05) is 41.4 Å². The molecule has 0 saturated heterocycles. The molecule has 4 N–H and O–H groups in total. The number of primary amides is 1. The summed E-state index contributed by atoms with van der Waals surface area (Å²) >= 11 is 13.5. The van der Waals surface area contributed by atoms with Crippen molar-refractivity contribution in [1.82, 2.24) is 5.32 Å². The van der Waals surface area contributed by atoms with Crippen molar-refractivity contribution >= 4 is 52.6 Å². The Hall–Kier alpha value is -1.89. The molecule has 0 unspecified atom stereocenters. The van der Waals surface area contributed by atoms with Crippen LogP contribution < -0.4 is 16.4 Å². The average molecular weight is 412 g/mol. The van der Waals surface area contributed by atoms with Crippen molar-refractivity contribution in [2.45, 2.75) is 17.7 Å². The molecule has 0 heterocycles. The number of hydrogen-bond donors (Lipinski definition) is 3. The van der Waals surface area contributed by atoms with Gasteiger partial charge in [-0.15, -0.1) is 11.8 Å². The van der Waals surface area contributed by atoms with Gasteiger partial charge in [0, 0.05) is 33.7 Å². The van der Waals surface area contributed by atoms with E-state index in [0.29, 0.717) is 34.5 Å². The quantitative estimate of drug-likeness (QED) is 0.565. The van der Waals surface area contributed by atoms with Gasteiger partial charge < -0.3 is 16.4 Å². The highest BCUT2D eigenvalue weighted by molar-refractivity contribution is 7.99. The van der Waals surface area contributed by atoms with E-state index in [1.54, 1.807) is 12.1 Å². The molecule has 0 aromatic heterocycles. The maximum Gasteiger partial charge on any atom is 0.319 e. The first kappa shape index (κ1) is 20.4. The first-order valence-electron chi connectivity index (χ1n) is 7.94. The van der Waals surface area contributed by atoms with E-state index in [9.17, 15) is 9.59 Å². The van der Waals surface area contributed by atoms with Crippen LogP contribution in [0, 0.1) is 0 Å². The molecule has 3 amide bonds. The lowest BCUT2D eigenvalue weighted by Gasteiger charge is -2.12. The summed E-state index contributed by atoms with van der Waals surface area (Å²) in [6.45, 7) is 0.435. The normalized spacial score (nSPS) is 10.4. The molecule has 0 spiro atoms. The molecule has 26 heavy (non-hydrogen) atoms. The molecule has 138 valence electrons. The second-order valence-electron chi connectivity index (χ2n) is 5.43. The predicted molar refractivity (Wildman–Crippen MR) is 108 cm³/mol. The van der Waals surface area contributed by atoms with E-state index < -0.39 is 0 Å². The highest BCUT2D eigenvalue weighted by atomic mass is 35.5. The van der Waals surface area contributed by atoms with Crippen LogP contribution in [-0.4, -0.2) is 24.2 Å². The number of amides is 3. The Morgan fingerprint density at radius 1 is 1.12 bits per heavy atom. The van der Waals surface area contributed by atoms with E-state index in [1.165, 1.54) is 11.8 Å². The molecule has 0 bridgehead atoms. The lowest BCUT2D eigenvalue weighted by atomic mass is 10.1. The van der Waals surface area contributed by atoms with E-state index in [4.69, 9.17) is 28.9 Å². The van der Waals surface area contributed by atoms with Crippen molar-refractivity contribution in [3.8, 4) is 0 Å². The first-order valence-corrected chi connectivity index (χ1v) is 9.69. The third kappa shape index (κ3) is 6.78. The van der Waals surface area contributed by atoms with Crippen molar-refractivity contribution < 1.29 is 9.59 Å². The average Bonchev–Trinajstić information content (AvgIpc) is 2.58. The summed E-state index contributed by atoms with van der Waals surface area (Å²) in [7, 11) is 0. The van der Waals surface area contributed by atoms with E-state index >= 15 is 0 Å². The fraction of sp³-hybridized carbons (Fsp3) is 0.222. The number of carbonyl (C=O) groups is 2. The topological polar surface area (TPSA) is 84.2 Å². The molecule has 0 atom stereocenters. The summed E-state index contributed by atoms with van der Waals surface area (Å²) in [6, 6.07) is 12.4.